The van der Waals surface area contributed by atoms with E-state index in [-0.39, 0.29) is 0 Å². The average molecular weight is 403 g/mol. The summed E-state index contributed by atoms with van der Waals surface area (Å²) in [6.45, 7) is 0. The van der Waals surface area contributed by atoms with E-state index in [4.69, 9.17) is 11.6 Å². The summed E-state index contributed by atoms with van der Waals surface area (Å²) in [6.07, 6.45) is 2.65. The van der Waals surface area contributed by atoms with Crippen LogP contribution < -0.4 is 0 Å². The van der Waals surface area contributed by atoms with E-state index < -0.39 is 5.54 Å². The lowest BCUT2D eigenvalue weighted by molar-refractivity contribution is 0.427. The van der Waals surface area contributed by atoms with Crippen LogP contribution in [0.2, 0.25) is 0 Å². The van der Waals surface area contributed by atoms with Crippen LogP contribution in [0.15, 0.2) is 91.0 Å². The third-order valence-electron chi connectivity index (χ3n) is 5.21. The van der Waals surface area contributed by atoms with Crippen LogP contribution in [-0.2, 0) is 12.0 Å². The highest BCUT2D eigenvalue weighted by atomic mass is 35.5. The zero-order valence-corrected chi connectivity index (χ0v) is 16.9. The maximum Gasteiger partial charge on any atom is 0.153 e. The molecule has 0 fully saturated rings. The van der Waals surface area contributed by atoms with Crippen molar-refractivity contribution in [2.24, 2.45) is 0 Å². The lowest BCUT2D eigenvalue weighted by Crippen LogP contribution is -2.40. The number of halogens is 1. The fraction of sp³-hybridized carbons (Fsp3) is 0.208. The highest BCUT2D eigenvalue weighted by Crippen LogP contribution is 2.40. The van der Waals surface area contributed by atoms with Crippen molar-refractivity contribution in [3.05, 3.63) is 114 Å². The van der Waals surface area contributed by atoms with Crippen molar-refractivity contribution in [1.29, 1.82) is 0 Å². The molecule has 0 amide bonds. The first kappa shape index (κ1) is 19.3. The molecule has 29 heavy (non-hydrogen) atoms. The Morgan fingerprint density at radius 2 is 1.17 bits per heavy atom. The van der Waals surface area contributed by atoms with E-state index in [0.717, 1.165) is 41.8 Å². The Morgan fingerprint density at radius 3 is 1.62 bits per heavy atom. The maximum atomic E-state index is 5.90. The Bertz CT molecular complexity index is 920. The van der Waals surface area contributed by atoms with Crippen molar-refractivity contribution < 1.29 is 0 Å². The van der Waals surface area contributed by atoms with Crippen LogP contribution in [0.1, 0.15) is 35.4 Å². The number of rotatable bonds is 8. The molecule has 0 spiro atoms. The van der Waals surface area contributed by atoms with Crippen molar-refractivity contribution in [3.63, 3.8) is 0 Å². The van der Waals surface area contributed by atoms with Crippen LogP contribution in [0.5, 0.6) is 0 Å². The Hall–Kier alpha value is -2.98. The summed E-state index contributed by atoms with van der Waals surface area (Å²) in [6, 6.07) is 31.3. The van der Waals surface area contributed by atoms with Crippen molar-refractivity contribution in [1.82, 2.24) is 20.2 Å². The zero-order valence-electron chi connectivity index (χ0n) is 16.2. The van der Waals surface area contributed by atoms with E-state index in [2.05, 4.69) is 88.3 Å². The molecule has 1 heterocycles. The highest BCUT2D eigenvalue weighted by molar-refractivity contribution is 6.17. The average Bonchev–Trinajstić information content (AvgIpc) is 3.26. The van der Waals surface area contributed by atoms with Gasteiger partial charge in [-0.2, -0.15) is 0 Å². The van der Waals surface area contributed by atoms with Crippen LogP contribution in [0.4, 0.5) is 0 Å². The standard InChI is InChI=1S/C24H23ClN4/c25-19-11-10-18-23-26-27-28-29(23)24(20-12-4-1-5-13-20,21-14-6-2-7-15-21)22-16-8-3-9-17-22/h1-9,12-17H,10-11,18-19H2. The molecular weight excluding hydrogens is 380 g/mol. The van der Waals surface area contributed by atoms with Crippen molar-refractivity contribution in [2.45, 2.75) is 24.8 Å². The minimum absolute atomic E-state index is 0.642. The largest absolute Gasteiger partial charge is 0.210 e. The molecular formula is C24H23ClN4. The van der Waals surface area contributed by atoms with E-state index in [1.165, 1.54) is 0 Å². The third kappa shape index (κ3) is 3.68. The van der Waals surface area contributed by atoms with E-state index in [1.807, 2.05) is 22.9 Å². The van der Waals surface area contributed by atoms with Crippen molar-refractivity contribution in [2.75, 3.05) is 5.88 Å². The fourth-order valence-corrected chi connectivity index (χ4v) is 4.09. The molecule has 4 rings (SSSR count). The molecule has 0 radical (unpaired) electrons. The van der Waals surface area contributed by atoms with Crippen LogP contribution in [0.3, 0.4) is 0 Å². The Morgan fingerprint density at radius 1 is 0.690 bits per heavy atom. The summed E-state index contributed by atoms with van der Waals surface area (Å²) in [7, 11) is 0. The van der Waals surface area contributed by atoms with Crippen LogP contribution in [-0.4, -0.2) is 26.1 Å². The number of tetrazole rings is 1. The second kappa shape index (κ2) is 9.01. The summed E-state index contributed by atoms with van der Waals surface area (Å²) in [5.74, 6) is 1.50. The first-order valence-electron chi connectivity index (χ1n) is 9.87. The summed E-state index contributed by atoms with van der Waals surface area (Å²) in [5, 5.41) is 13.0. The number of unbranched alkanes of at least 4 members (excludes halogenated alkanes) is 1. The Labute approximate surface area is 176 Å². The molecule has 0 atom stereocenters. The van der Waals surface area contributed by atoms with Gasteiger partial charge in [0.2, 0.25) is 0 Å². The topological polar surface area (TPSA) is 43.6 Å². The SMILES string of the molecule is ClCCCCc1nnnn1C(c1ccccc1)(c1ccccc1)c1ccccc1. The lowest BCUT2D eigenvalue weighted by atomic mass is 9.77. The maximum absolute atomic E-state index is 5.90. The quantitative estimate of drug-likeness (QED) is 0.234. The van der Waals surface area contributed by atoms with E-state index in [0.29, 0.717) is 5.88 Å². The predicted molar refractivity (Wildman–Crippen MR) is 116 cm³/mol. The Kier molecular flexibility index (Phi) is 6.01. The van der Waals surface area contributed by atoms with Gasteiger partial charge in [-0.1, -0.05) is 91.0 Å². The fourth-order valence-electron chi connectivity index (χ4n) is 3.90. The van der Waals surface area contributed by atoms with Gasteiger partial charge in [0.1, 0.15) is 5.54 Å². The number of nitrogens with zero attached hydrogens (tertiary/aromatic N) is 4. The summed E-state index contributed by atoms with van der Waals surface area (Å²) in [4.78, 5) is 0. The van der Waals surface area contributed by atoms with Gasteiger partial charge in [0.15, 0.2) is 5.82 Å². The summed E-state index contributed by atoms with van der Waals surface area (Å²) >= 11 is 5.90. The zero-order chi connectivity index (χ0) is 19.9. The van der Waals surface area contributed by atoms with Gasteiger partial charge in [-0.3, -0.25) is 0 Å². The second-order valence-electron chi connectivity index (χ2n) is 6.96. The molecule has 0 aliphatic rings. The highest BCUT2D eigenvalue weighted by Gasteiger charge is 2.41. The van der Waals surface area contributed by atoms with Crippen LogP contribution >= 0.6 is 11.6 Å². The van der Waals surface area contributed by atoms with Crippen LogP contribution in [0, 0.1) is 0 Å². The molecule has 0 bridgehead atoms. The molecule has 1 aromatic heterocycles. The molecule has 146 valence electrons. The molecule has 4 aromatic rings. The van der Waals surface area contributed by atoms with E-state index >= 15 is 0 Å². The molecule has 4 nitrogen and oxygen atoms in total. The number of alkyl halides is 1. The Balaban J connectivity index is 2.01. The van der Waals surface area contributed by atoms with Crippen LogP contribution in [0.25, 0.3) is 0 Å². The molecule has 0 saturated heterocycles. The van der Waals surface area contributed by atoms with Gasteiger partial charge in [0, 0.05) is 12.3 Å². The molecule has 0 aliphatic heterocycles. The van der Waals surface area contributed by atoms with Crippen molar-refractivity contribution in [3.8, 4) is 0 Å². The van der Waals surface area contributed by atoms with Crippen molar-refractivity contribution >= 4 is 11.6 Å². The monoisotopic (exact) mass is 402 g/mol. The van der Waals surface area contributed by atoms with E-state index in [1.54, 1.807) is 0 Å². The number of hydrogen-bond acceptors (Lipinski definition) is 3. The lowest BCUT2D eigenvalue weighted by Gasteiger charge is -2.36. The number of aromatic nitrogens is 4. The van der Waals surface area contributed by atoms with Gasteiger partial charge in [0.05, 0.1) is 0 Å². The molecule has 0 saturated carbocycles. The number of benzene rings is 3. The molecule has 5 heteroatoms. The first-order valence-corrected chi connectivity index (χ1v) is 10.4. The van der Waals surface area contributed by atoms with Gasteiger partial charge in [-0.15, -0.1) is 16.7 Å². The summed E-state index contributed by atoms with van der Waals surface area (Å²) < 4.78 is 1.99. The van der Waals surface area contributed by atoms with Gasteiger partial charge < -0.3 is 0 Å². The van der Waals surface area contributed by atoms with Gasteiger partial charge in [-0.05, 0) is 40.0 Å². The van der Waals surface area contributed by atoms with Gasteiger partial charge in [0.25, 0.3) is 0 Å². The number of hydrogen-bond donors (Lipinski definition) is 0. The number of aryl methyl sites for hydroxylation is 1. The summed E-state index contributed by atoms with van der Waals surface area (Å²) in [5.41, 5.74) is 2.68. The first-order chi connectivity index (χ1) is 14.4. The molecule has 0 aliphatic carbocycles. The molecule has 0 unspecified atom stereocenters. The molecule has 3 aromatic carbocycles. The minimum atomic E-state index is -0.663. The predicted octanol–water partition coefficient (Wildman–Crippen LogP) is 5.07. The van der Waals surface area contributed by atoms with Gasteiger partial charge >= 0.3 is 0 Å². The van der Waals surface area contributed by atoms with E-state index in [9.17, 15) is 0 Å². The molecule has 0 N–H and O–H groups in total. The second-order valence-corrected chi connectivity index (χ2v) is 7.34. The smallest absolute Gasteiger partial charge is 0.153 e. The normalized spacial score (nSPS) is 11.5. The van der Waals surface area contributed by atoms with Gasteiger partial charge in [-0.25, -0.2) is 4.68 Å². The third-order valence-corrected chi connectivity index (χ3v) is 5.48. The minimum Gasteiger partial charge on any atom is -0.210 e.